The van der Waals surface area contributed by atoms with Crippen molar-refractivity contribution in [2.75, 3.05) is 26.3 Å². The molecule has 2 heterocycles. The average Bonchev–Trinajstić information content (AvgIpc) is 3.13. The number of piperidine rings is 1. The number of nitrogens with zero attached hydrogens (tertiary/aromatic N) is 1. The lowest BCUT2D eigenvalue weighted by atomic mass is 9.87. The Morgan fingerprint density at radius 1 is 0.920 bits per heavy atom. The molecule has 0 aromatic heterocycles. The predicted molar refractivity (Wildman–Crippen MR) is 99.1 cm³/mol. The molecule has 0 saturated carbocycles. The molecule has 0 aliphatic carbocycles. The lowest BCUT2D eigenvalue weighted by Gasteiger charge is -2.37. The third-order valence-corrected chi connectivity index (χ3v) is 5.38. The zero-order valence-corrected chi connectivity index (χ0v) is 14.8. The number of hydrogen-bond donors (Lipinski definition) is 0. The first-order chi connectivity index (χ1) is 12.3. The highest BCUT2D eigenvalue weighted by atomic mass is 16.7. The minimum absolute atomic E-state index is 0.540. The van der Waals surface area contributed by atoms with Gasteiger partial charge < -0.3 is 9.47 Å². The molecule has 0 bridgehead atoms. The fourth-order valence-corrected chi connectivity index (χ4v) is 4.23. The Kier molecular flexibility index (Phi) is 5.16. The van der Waals surface area contributed by atoms with E-state index >= 15 is 0 Å². The molecule has 0 spiro atoms. The molecule has 4 rings (SSSR count). The molecule has 2 aromatic rings. The Morgan fingerprint density at radius 2 is 1.60 bits per heavy atom. The van der Waals surface area contributed by atoms with Crippen LogP contribution in [0.3, 0.4) is 0 Å². The number of rotatable bonds is 5. The van der Waals surface area contributed by atoms with E-state index in [-0.39, 0.29) is 0 Å². The van der Waals surface area contributed by atoms with Gasteiger partial charge in [-0.3, -0.25) is 4.90 Å². The van der Waals surface area contributed by atoms with E-state index < -0.39 is 5.79 Å². The molecule has 25 heavy (non-hydrogen) atoms. The Bertz CT molecular complexity index is 652. The highest BCUT2D eigenvalue weighted by Gasteiger charge is 2.41. The summed E-state index contributed by atoms with van der Waals surface area (Å²) in [5.41, 5.74) is 2.56. The standard InChI is InChI=1S/C22H27NO2/c1-3-8-19(9-4-1)17-23-13-7-10-20(18-23)16-22(24-14-15-25-22)21-11-5-2-6-12-21/h1-6,8-9,11-12,20H,7,10,13-18H2. The average molecular weight is 337 g/mol. The van der Waals surface area contributed by atoms with Gasteiger partial charge in [-0.05, 0) is 30.9 Å². The lowest BCUT2D eigenvalue weighted by molar-refractivity contribution is -0.181. The monoisotopic (exact) mass is 337 g/mol. The molecule has 1 unspecified atom stereocenters. The molecule has 0 N–H and O–H groups in total. The van der Waals surface area contributed by atoms with E-state index in [1.165, 1.54) is 24.9 Å². The van der Waals surface area contributed by atoms with Crippen LogP contribution in [-0.2, 0) is 21.8 Å². The number of ether oxygens (including phenoxy) is 2. The second-order valence-corrected chi connectivity index (χ2v) is 7.25. The first-order valence-corrected chi connectivity index (χ1v) is 9.44. The second-order valence-electron chi connectivity index (χ2n) is 7.25. The van der Waals surface area contributed by atoms with Crippen LogP contribution in [0.2, 0.25) is 0 Å². The molecule has 0 radical (unpaired) electrons. The minimum atomic E-state index is -0.540. The van der Waals surface area contributed by atoms with Gasteiger partial charge in [-0.2, -0.15) is 0 Å². The van der Waals surface area contributed by atoms with Crippen molar-refractivity contribution in [2.24, 2.45) is 5.92 Å². The van der Waals surface area contributed by atoms with Gasteiger partial charge in [0, 0.05) is 25.1 Å². The van der Waals surface area contributed by atoms with Crippen LogP contribution in [0.5, 0.6) is 0 Å². The topological polar surface area (TPSA) is 21.7 Å². The van der Waals surface area contributed by atoms with E-state index in [4.69, 9.17) is 9.47 Å². The summed E-state index contributed by atoms with van der Waals surface area (Å²) in [4.78, 5) is 2.58. The molecule has 2 aromatic carbocycles. The van der Waals surface area contributed by atoms with Crippen LogP contribution in [-0.4, -0.2) is 31.2 Å². The molecule has 1 atom stereocenters. The molecular weight excluding hydrogens is 310 g/mol. The van der Waals surface area contributed by atoms with Crippen molar-refractivity contribution in [3.8, 4) is 0 Å². The minimum Gasteiger partial charge on any atom is -0.343 e. The largest absolute Gasteiger partial charge is 0.343 e. The van der Waals surface area contributed by atoms with E-state index in [0.717, 1.165) is 25.1 Å². The second kappa shape index (κ2) is 7.69. The third kappa shape index (κ3) is 3.95. The summed E-state index contributed by atoms with van der Waals surface area (Å²) in [5, 5.41) is 0. The number of likely N-dealkylation sites (tertiary alicyclic amines) is 1. The summed E-state index contributed by atoms with van der Waals surface area (Å²) in [6.45, 7) is 4.73. The van der Waals surface area contributed by atoms with Gasteiger partial charge in [-0.1, -0.05) is 60.7 Å². The Hall–Kier alpha value is -1.68. The van der Waals surface area contributed by atoms with Crippen LogP contribution in [0.4, 0.5) is 0 Å². The number of benzene rings is 2. The van der Waals surface area contributed by atoms with Crippen molar-refractivity contribution in [1.29, 1.82) is 0 Å². The zero-order valence-electron chi connectivity index (χ0n) is 14.8. The summed E-state index contributed by atoms with van der Waals surface area (Å²) < 4.78 is 12.3. The van der Waals surface area contributed by atoms with Crippen molar-refractivity contribution in [3.05, 3.63) is 71.8 Å². The van der Waals surface area contributed by atoms with Crippen LogP contribution in [0, 0.1) is 5.92 Å². The maximum Gasteiger partial charge on any atom is 0.195 e. The van der Waals surface area contributed by atoms with Gasteiger partial charge >= 0.3 is 0 Å². The molecule has 2 fully saturated rings. The van der Waals surface area contributed by atoms with Crippen LogP contribution in [0.15, 0.2) is 60.7 Å². The van der Waals surface area contributed by atoms with Crippen LogP contribution in [0.25, 0.3) is 0 Å². The fourth-order valence-electron chi connectivity index (χ4n) is 4.23. The summed E-state index contributed by atoms with van der Waals surface area (Å²) in [7, 11) is 0. The quantitative estimate of drug-likeness (QED) is 0.817. The summed E-state index contributed by atoms with van der Waals surface area (Å²) in [5.74, 6) is 0.0672. The molecule has 132 valence electrons. The Balaban J connectivity index is 1.44. The normalized spacial score (nSPS) is 23.6. The highest BCUT2D eigenvalue weighted by Crippen LogP contribution is 2.39. The third-order valence-electron chi connectivity index (χ3n) is 5.38. The van der Waals surface area contributed by atoms with Gasteiger partial charge in [-0.25, -0.2) is 0 Å². The van der Waals surface area contributed by atoms with Crippen molar-refractivity contribution in [2.45, 2.75) is 31.6 Å². The van der Waals surface area contributed by atoms with Gasteiger partial charge in [0.1, 0.15) is 0 Å². The SMILES string of the molecule is c1ccc(CN2CCCC(CC3(c4ccccc4)OCCO3)C2)cc1. The van der Waals surface area contributed by atoms with Gasteiger partial charge in [0.2, 0.25) is 0 Å². The molecular formula is C22H27NO2. The smallest absolute Gasteiger partial charge is 0.195 e. The fraction of sp³-hybridized carbons (Fsp3) is 0.455. The Morgan fingerprint density at radius 3 is 2.32 bits per heavy atom. The van der Waals surface area contributed by atoms with E-state index in [1.54, 1.807) is 0 Å². The van der Waals surface area contributed by atoms with Gasteiger partial charge in [0.15, 0.2) is 5.79 Å². The van der Waals surface area contributed by atoms with Gasteiger partial charge in [-0.15, -0.1) is 0 Å². The first kappa shape index (κ1) is 16.8. The van der Waals surface area contributed by atoms with Crippen molar-refractivity contribution >= 4 is 0 Å². The van der Waals surface area contributed by atoms with Crippen LogP contribution >= 0.6 is 0 Å². The van der Waals surface area contributed by atoms with E-state index in [2.05, 4.69) is 59.5 Å². The summed E-state index contributed by atoms with van der Waals surface area (Å²) >= 11 is 0. The lowest BCUT2D eigenvalue weighted by Crippen LogP contribution is -2.39. The van der Waals surface area contributed by atoms with Crippen molar-refractivity contribution < 1.29 is 9.47 Å². The maximum absolute atomic E-state index is 6.14. The van der Waals surface area contributed by atoms with Crippen LogP contribution < -0.4 is 0 Å². The summed E-state index contributed by atoms with van der Waals surface area (Å²) in [6, 6.07) is 21.2. The van der Waals surface area contributed by atoms with Gasteiger partial charge in [0.25, 0.3) is 0 Å². The van der Waals surface area contributed by atoms with Gasteiger partial charge in [0.05, 0.1) is 13.2 Å². The van der Waals surface area contributed by atoms with Crippen molar-refractivity contribution in [3.63, 3.8) is 0 Å². The number of hydrogen-bond acceptors (Lipinski definition) is 3. The van der Waals surface area contributed by atoms with Crippen LogP contribution in [0.1, 0.15) is 30.4 Å². The molecule has 3 nitrogen and oxygen atoms in total. The summed E-state index contributed by atoms with van der Waals surface area (Å²) in [6.07, 6.45) is 3.46. The van der Waals surface area contributed by atoms with E-state index in [1.807, 2.05) is 6.07 Å². The van der Waals surface area contributed by atoms with Crippen molar-refractivity contribution in [1.82, 2.24) is 4.90 Å². The maximum atomic E-state index is 6.14. The molecule has 3 heteroatoms. The molecule has 2 aliphatic rings. The predicted octanol–water partition coefficient (Wildman–Crippen LogP) is 4.19. The zero-order chi connectivity index (χ0) is 17.0. The first-order valence-electron chi connectivity index (χ1n) is 9.44. The Labute approximate surface area is 150 Å². The van der Waals surface area contributed by atoms with E-state index in [9.17, 15) is 0 Å². The molecule has 2 saturated heterocycles. The van der Waals surface area contributed by atoms with E-state index in [0.29, 0.717) is 19.1 Å². The molecule has 0 amide bonds. The molecule has 2 aliphatic heterocycles. The highest BCUT2D eigenvalue weighted by molar-refractivity contribution is 5.21.